The third kappa shape index (κ3) is 5.09. The summed E-state index contributed by atoms with van der Waals surface area (Å²) in [4.78, 5) is 12.4. The summed E-state index contributed by atoms with van der Waals surface area (Å²) >= 11 is 0. The Hall–Kier alpha value is -2.94. The molecule has 3 aromatic carbocycles. The number of hydrogen-bond donors (Lipinski definition) is 0. The van der Waals surface area contributed by atoms with Crippen LogP contribution in [0.4, 0.5) is 4.39 Å². The number of fused-ring (bicyclic) bond motifs is 1. The fourth-order valence-corrected chi connectivity index (χ4v) is 4.37. The topological polar surface area (TPSA) is 26.3 Å². The first-order valence-electron chi connectivity index (χ1n) is 11.7. The van der Waals surface area contributed by atoms with Gasteiger partial charge in [0.15, 0.2) is 0 Å². The summed E-state index contributed by atoms with van der Waals surface area (Å²) in [6.07, 6.45) is 7.07. The van der Waals surface area contributed by atoms with Gasteiger partial charge in [-0.2, -0.15) is 0 Å². The van der Waals surface area contributed by atoms with E-state index in [9.17, 15) is 9.18 Å². The molecule has 0 aliphatic carbocycles. The van der Waals surface area contributed by atoms with Crippen LogP contribution in [0.5, 0.6) is 0 Å². The zero-order chi connectivity index (χ0) is 22.5. The average Bonchev–Trinajstić information content (AvgIpc) is 2.81. The number of carbonyl (C=O) groups is 1. The molecule has 0 fully saturated rings. The van der Waals surface area contributed by atoms with E-state index < -0.39 is 11.8 Å². The van der Waals surface area contributed by atoms with Gasteiger partial charge in [0, 0.05) is 6.42 Å². The fraction of sp³-hybridized carbons (Fsp3) is 0.345. The van der Waals surface area contributed by atoms with E-state index in [1.54, 1.807) is 13.0 Å². The molecule has 0 spiro atoms. The summed E-state index contributed by atoms with van der Waals surface area (Å²) in [5, 5.41) is 0. The quantitative estimate of drug-likeness (QED) is 0.281. The largest absolute Gasteiger partial charge is 0.453 e. The van der Waals surface area contributed by atoms with Crippen molar-refractivity contribution in [1.29, 1.82) is 0 Å². The first-order valence-corrected chi connectivity index (χ1v) is 11.7. The lowest BCUT2D eigenvalue weighted by Gasteiger charge is -2.25. The molecule has 1 aliphatic rings. The highest BCUT2D eigenvalue weighted by molar-refractivity contribution is 5.93. The Kier molecular flexibility index (Phi) is 7.04. The highest BCUT2D eigenvalue weighted by Crippen LogP contribution is 2.32. The molecule has 3 aromatic rings. The Labute approximate surface area is 190 Å². The summed E-state index contributed by atoms with van der Waals surface area (Å²) in [5.74, 6) is -1.03. The number of rotatable bonds is 8. The lowest BCUT2D eigenvalue weighted by molar-refractivity contribution is 0.0245. The number of carbonyl (C=O) groups excluding carboxylic acids is 1. The van der Waals surface area contributed by atoms with Gasteiger partial charge in [0.2, 0.25) is 0 Å². The molecule has 0 amide bonds. The van der Waals surface area contributed by atoms with Crippen molar-refractivity contribution in [2.24, 2.45) is 0 Å². The smallest absolute Gasteiger partial charge is 0.342 e. The predicted octanol–water partition coefficient (Wildman–Crippen LogP) is 7.11. The van der Waals surface area contributed by atoms with Crippen LogP contribution < -0.4 is 0 Å². The monoisotopic (exact) mass is 430 g/mol. The highest BCUT2D eigenvalue weighted by atomic mass is 19.1. The molecule has 0 aromatic heterocycles. The van der Waals surface area contributed by atoms with E-state index in [0.717, 1.165) is 30.4 Å². The van der Waals surface area contributed by atoms with Gasteiger partial charge in [-0.15, -0.1) is 0 Å². The minimum absolute atomic E-state index is 0.0919. The van der Waals surface area contributed by atoms with Crippen LogP contribution >= 0.6 is 0 Å². The molecule has 1 heterocycles. The second kappa shape index (κ2) is 10.1. The van der Waals surface area contributed by atoms with Gasteiger partial charge in [0.25, 0.3) is 0 Å². The maximum atomic E-state index is 14.3. The molecule has 32 heavy (non-hydrogen) atoms. The molecule has 0 saturated heterocycles. The van der Waals surface area contributed by atoms with Crippen molar-refractivity contribution in [2.75, 3.05) is 0 Å². The van der Waals surface area contributed by atoms with Gasteiger partial charge in [-0.1, -0.05) is 80.4 Å². The molecule has 1 atom stereocenters. The Morgan fingerprint density at radius 3 is 2.06 bits per heavy atom. The van der Waals surface area contributed by atoms with Crippen LogP contribution in [0.25, 0.3) is 0 Å². The molecule has 0 radical (unpaired) electrons. The fourth-order valence-electron chi connectivity index (χ4n) is 4.37. The van der Waals surface area contributed by atoms with Gasteiger partial charge >= 0.3 is 5.97 Å². The number of unbranched alkanes of at least 4 members (excludes halogenated alkanes) is 2. The summed E-state index contributed by atoms with van der Waals surface area (Å²) in [7, 11) is 0. The molecular weight excluding hydrogens is 399 g/mol. The van der Waals surface area contributed by atoms with Crippen molar-refractivity contribution in [3.8, 4) is 0 Å². The number of benzene rings is 3. The van der Waals surface area contributed by atoms with Crippen LogP contribution in [-0.4, -0.2) is 5.97 Å². The highest BCUT2D eigenvalue weighted by Gasteiger charge is 2.30. The number of halogens is 1. The van der Waals surface area contributed by atoms with Gasteiger partial charge in [-0.05, 0) is 66.0 Å². The van der Waals surface area contributed by atoms with Crippen molar-refractivity contribution in [2.45, 2.75) is 64.9 Å². The van der Waals surface area contributed by atoms with Crippen LogP contribution in [0.3, 0.4) is 0 Å². The average molecular weight is 431 g/mol. The van der Waals surface area contributed by atoms with Crippen LogP contribution in [0.15, 0.2) is 60.7 Å². The first kappa shape index (κ1) is 22.3. The number of cyclic esters (lactones) is 1. The SMILES string of the molecule is CCCCCc1ccc(CCc2ccc(C3Cc4ccc(C)c(F)c4C(=O)O3)cc2)cc1. The van der Waals surface area contributed by atoms with E-state index >= 15 is 0 Å². The number of ether oxygens (including phenoxy) is 1. The molecule has 4 rings (SSSR count). The Morgan fingerprint density at radius 1 is 0.844 bits per heavy atom. The van der Waals surface area contributed by atoms with Crippen molar-refractivity contribution in [3.63, 3.8) is 0 Å². The zero-order valence-electron chi connectivity index (χ0n) is 19.0. The maximum Gasteiger partial charge on any atom is 0.342 e. The van der Waals surface area contributed by atoms with E-state index in [1.165, 1.54) is 36.0 Å². The third-order valence-corrected chi connectivity index (χ3v) is 6.43. The van der Waals surface area contributed by atoms with Crippen molar-refractivity contribution in [3.05, 3.63) is 105 Å². The third-order valence-electron chi connectivity index (χ3n) is 6.43. The zero-order valence-corrected chi connectivity index (χ0v) is 19.0. The maximum absolute atomic E-state index is 14.3. The van der Waals surface area contributed by atoms with Crippen LogP contribution in [0, 0.1) is 12.7 Å². The molecule has 1 aliphatic heterocycles. The van der Waals surface area contributed by atoms with Gasteiger partial charge in [-0.25, -0.2) is 9.18 Å². The van der Waals surface area contributed by atoms with Crippen molar-refractivity contribution < 1.29 is 13.9 Å². The van der Waals surface area contributed by atoms with Gasteiger partial charge in [0.1, 0.15) is 11.9 Å². The van der Waals surface area contributed by atoms with Crippen LogP contribution in [0.1, 0.15) is 76.0 Å². The molecule has 166 valence electrons. The Bertz CT molecular complexity index is 1070. The van der Waals surface area contributed by atoms with E-state index in [-0.39, 0.29) is 11.7 Å². The predicted molar refractivity (Wildman–Crippen MR) is 127 cm³/mol. The van der Waals surface area contributed by atoms with E-state index in [4.69, 9.17) is 4.74 Å². The molecule has 0 bridgehead atoms. The van der Waals surface area contributed by atoms with Gasteiger partial charge < -0.3 is 4.74 Å². The summed E-state index contributed by atoms with van der Waals surface area (Å²) < 4.78 is 19.9. The summed E-state index contributed by atoms with van der Waals surface area (Å²) in [6.45, 7) is 3.90. The molecule has 0 saturated carbocycles. The first-order chi connectivity index (χ1) is 15.5. The second-order valence-electron chi connectivity index (χ2n) is 8.84. The summed E-state index contributed by atoms with van der Waals surface area (Å²) in [6, 6.07) is 20.8. The normalized spacial score (nSPS) is 15.3. The molecule has 1 unspecified atom stereocenters. The van der Waals surface area contributed by atoms with Crippen LogP contribution in [0.2, 0.25) is 0 Å². The van der Waals surface area contributed by atoms with Crippen molar-refractivity contribution >= 4 is 5.97 Å². The lowest BCUT2D eigenvalue weighted by Crippen LogP contribution is -2.23. The number of hydrogen-bond acceptors (Lipinski definition) is 2. The number of aryl methyl sites for hydroxylation is 4. The van der Waals surface area contributed by atoms with Crippen LogP contribution in [-0.2, 0) is 30.4 Å². The Balaban J connectivity index is 1.35. The standard InChI is InChI=1S/C29H31FO2/c1-3-4-5-6-21-8-10-22(11-9-21)12-13-23-14-17-24(18-15-23)26-19-25-16-7-20(2)28(30)27(25)29(31)32-26/h7-11,14-18,26H,3-6,12-13,19H2,1-2H3. The van der Waals surface area contributed by atoms with Gasteiger partial charge in [0.05, 0.1) is 5.56 Å². The minimum Gasteiger partial charge on any atom is -0.453 e. The van der Waals surface area contributed by atoms with E-state index in [0.29, 0.717) is 12.0 Å². The molecule has 2 nitrogen and oxygen atoms in total. The second-order valence-corrected chi connectivity index (χ2v) is 8.84. The van der Waals surface area contributed by atoms with Gasteiger partial charge in [-0.3, -0.25) is 0 Å². The van der Waals surface area contributed by atoms with E-state index in [1.807, 2.05) is 18.2 Å². The summed E-state index contributed by atoms with van der Waals surface area (Å²) in [5.41, 5.74) is 6.25. The molecular formula is C29H31FO2. The lowest BCUT2D eigenvalue weighted by atomic mass is 9.92. The molecule has 3 heteroatoms. The molecule has 0 N–H and O–H groups in total. The van der Waals surface area contributed by atoms with Crippen molar-refractivity contribution in [1.82, 2.24) is 0 Å². The number of esters is 1. The van der Waals surface area contributed by atoms with E-state index in [2.05, 4.69) is 43.3 Å². The minimum atomic E-state index is -0.570. The Morgan fingerprint density at radius 2 is 1.44 bits per heavy atom.